The predicted octanol–water partition coefficient (Wildman–Crippen LogP) is 2.36. The first-order valence-electron chi connectivity index (χ1n) is 6.53. The standard InChI is InChI=1S/C14H18F2N2O/c15-11-6-10(7-12(16)8-11)13(19)18-14(9-17)4-2-1-3-5-14/h6-8H,1-5,9,17H2,(H,18,19). The fraction of sp³-hybridized carbons (Fsp3) is 0.500. The number of nitrogens with one attached hydrogen (secondary N) is 1. The smallest absolute Gasteiger partial charge is 0.251 e. The Bertz CT molecular complexity index is 450. The van der Waals surface area contributed by atoms with Gasteiger partial charge in [0.05, 0.1) is 5.54 Å². The summed E-state index contributed by atoms with van der Waals surface area (Å²) in [6.45, 7) is 0.344. The van der Waals surface area contributed by atoms with Crippen LogP contribution in [-0.4, -0.2) is 18.0 Å². The van der Waals surface area contributed by atoms with Gasteiger partial charge in [-0.1, -0.05) is 19.3 Å². The van der Waals surface area contributed by atoms with Crippen LogP contribution >= 0.6 is 0 Å². The molecule has 0 aliphatic heterocycles. The van der Waals surface area contributed by atoms with Crippen molar-refractivity contribution in [1.29, 1.82) is 0 Å². The van der Waals surface area contributed by atoms with Crippen LogP contribution in [0.5, 0.6) is 0 Å². The third kappa shape index (κ3) is 3.29. The van der Waals surface area contributed by atoms with Gasteiger partial charge in [0.1, 0.15) is 11.6 Å². The van der Waals surface area contributed by atoms with Crippen LogP contribution in [0.3, 0.4) is 0 Å². The molecular weight excluding hydrogens is 250 g/mol. The van der Waals surface area contributed by atoms with E-state index in [4.69, 9.17) is 5.73 Å². The van der Waals surface area contributed by atoms with Crippen molar-refractivity contribution < 1.29 is 13.6 Å². The lowest BCUT2D eigenvalue weighted by atomic mass is 9.81. The first kappa shape index (κ1) is 13.9. The summed E-state index contributed by atoms with van der Waals surface area (Å²) in [6, 6.07) is 2.81. The van der Waals surface area contributed by atoms with Gasteiger partial charge in [-0.05, 0) is 25.0 Å². The van der Waals surface area contributed by atoms with E-state index in [2.05, 4.69) is 5.32 Å². The molecule has 19 heavy (non-hydrogen) atoms. The Morgan fingerprint density at radius 3 is 2.26 bits per heavy atom. The molecule has 5 heteroatoms. The quantitative estimate of drug-likeness (QED) is 0.884. The Morgan fingerprint density at radius 1 is 1.16 bits per heavy atom. The lowest BCUT2D eigenvalue weighted by Crippen LogP contribution is -2.54. The van der Waals surface area contributed by atoms with Crippen LogP contribution in [0.1, 0.15) is 42.5 Å². The minimum absolute atomic E-state index is 0.00380. The summed E-state index contributed by atoms with van der Waals surface area (Å²) in [5, 5.41) is 2.86. The van der Waals surface area contributed by atoms with Crippen LogP contribution in [0.2, 0.25) is 0 Å². The van der Waals surface area contributed by atoms with Crippen LogP contribution in [-0.2, 0) is 0 Å². The van der Waals surface area contributed by atoms with Gasteiger partial charge in [0.2, 0.25) is 0 Å². The molecule has 0 saturated heterocycles. The highest BCUT2D eigenvalue weighted by Gasteiger charge is 2.32. The SMILES string of the molecule is NCC1(NC(=O)c2cc(F)cc(F)c2)CCCCC1. The topological polar surface area (TPSA) is 55.1 Å². The third-order valence-corrected chi connectivity index (χ3v) is 3.70. The number of halogens is 2. The average Bonchev–Trinajstić information content (AvgIpc) is 2.38. The Balaban J connectivity index is 2.15. The van der Waals surface area contributed by atoms with Crippen molar-refractivity contribution in [2.45, 2.75) is 37.6 Å². The molecule has 0 aromatic heterocycles. The van der Waals surface area contributed by atoms with Crippen LogP contribution in [0.4, 0.5) is 8.78 Å². The van der Waals surface area contributed by atoms with E-state index in [9.17, 15) is 13.6 Å². The lowest BCUT2D eigenvalue weighted by Gasteiger charge is -2.37. The first-order valence-corrected chi connectivity index (χ1v) is 6.53. The molecule has 104 valence electrons. The van der Waals surface area contributed by atoms with E-state index >= 15 is 0 Å². The van der Waals surface area contributed by atoms with Crippen molar-refractivity contribution in [2.24, 2.45) is 5.73 Å². The second-order valence-electron chi connectivity index (χ2n) is 5.16. The molecule has 3 nitrogen and oxygen atoms in total. The number of hydrogen-bond donors (Lipinski definition) is 2. The summed E-state index contributed by atoms with van der Waals surface area (Å²) in [5.74, 6) is -1.98. The molecule has 0 unspecified atom stereocenters. The molecule has 0 atom stereocenters. The van der Waals surface area contributed by atoms with Gasteiger partial charge in [-0.3, -0.25) is 4.79 Å². The monoisotopic (exact) mass is 268 g/mol. The number of carbonyl (C=O) groups is 1. The Labute approximate surface area is 111 Å². The van der Waals surface area contributed by atoms with Crippen molar-refractivity contribution in [2.75, 3.05) is 6.54 Å². The lowest BCUT2D eigenvalue weighted by molar-refractivity contribution is 0.0873. The highest BCUT2D eigenvalue weighted by Crippen LogP contribution is 2.27. The molecular formula is C14H18F2N2O. The third-order valence-electron chi connectivity index (χ3n) is 3.70. The van der Waals surface area contributed by atoms with E-state index in [0.717, 1.165) is 50.3 Å². The number of rotatable bonds is 3. The largest absolute Gasteiger partial charge is 0.345 e. The van der Waals surface area contributed by atoms with E-state index in [1.165, 1.54) is 0 Å². The predicted molar refractivity (Wildman–Crippen MR) is 68.7 cm³/mol. The second kappa shape index (κ2) is 5.65. The zero-order valence-electron chi connectivity index (χ0n) is 10.7. The Morgan fingerprint density at radius 2 is 1.74 bits per heavy atom. The molecule has 0 spiro atoms. The number of amides is 1. The van der Waals surface area contributed by atoms with Gasteiger partial charge in [0.25, 0.3) is 5.91 Å². The van der Waals surface area contributed by atoms with Gasteiger partial charge >= 0.3 is 0 Å². The van der Waals surface area contributed by atoms with Crippen molar-refractivity contribution in [3.63, 3.8) is 0 Å². The summed E-state index contributed by atoms with van der Waals surface area (Å²) in [7, 11) is 0. The maximum atomic E-state index is 13.1. The molecule has 0 heterocycles. The van der Waals surface area contributed by atoms with E-state index in [0.29, 0.717) is 6.54 Å². The second-order valence-corrected chi connectivity index (χ2v) is 5.16. The highest BCUT2D eigenvalue weighted by molar-refractivity contribution is 5.94. The van der Waals surface area contributed by atoms with Crippen molar-refractivity contribution in [1.82, 2.24) is 5.32 Å². The fourth-order valence-corrected chi connectivity index (χ4v) is 2.61. The average molecular weight is 268 g/mol. The summed E-state index contributed by atoms with van der Waals surface area (Å²) in [4.78, 5) is 12.1. The van der Waals surface area contributed by atoms with Crippen molar-refractivity contribution >= 4 is 5.91 Å². The van der Waals surface area contributed by atoms with Gasteiger partial charge in [-0.15, -0.1) is 0 Å². The van der Waals surface area contributed by atoms with Crippen molar-refractivity contribution in [3.05, 3.63) is 35.4 Å². The zero-order valence-corrected chi connectivity index (χ0v) is 10.7. The highest BCUT2D eigenvalue weighted by atomic mass is 19.1. The molecule has 2 rings (SSSR count). The molecule has 1 amide bonds. The number of nitrogens with two attached hydrogens (primary N) is 1. The van der Waals surface area contributed by atoms with Gasteiger partial charge in [0, 0.05) is 18.2 Å². The number of benzene rings is 1. The van der Waals surface area contributed by atoms with Gasteiger partial charge in [-0.2, -0.15) is 0 Å². The van der Waals surface area contributed by atoms with Crippen LogP contribution in [0, 0.1) is 11.6 Å². The summed E-state index contributed by atoms with van der Waals surface area (Å²) in [6.07, 6.45) is 4.77. The van der Waals surface area contributed by atoms with Gasteiger partial charge in [-0.25, -0.2) is 8.78 Å². The Kier molecular flexibility index (Phi) is 4.14. The number of hydrogen-bond acceptors (Lipinski definition) is 2. The van der Waals surface area contributed by atoms with E-state index in [1.807, 2.05) is 0 Å². The molecule has 0 bridgehead atoms. The van der Waals surface area contributed by atoms with E-state index < -0.39 is 23.1 Å². The summed E-state index contributed by atoms with van der Waals surface area (Å²) in [5.41, 5.74) is 5.33. The van der Waals surface area contributed by atoms with Gasteiger partial charge < -0.3 is 11.1 Å². The fourth-order valence-electron chi connectivity index (χ4n) is 2.61. The first-order chi connectivity index (χ1) is 9.04. The molecule has 1 aromatic rings. The Hall–Kier alpha value is -1.49. The summed E-state index contributed by atoms with van der Waals surface area (Å²) >= 11 is 0. The minimum Gasteiger partial charge on any atom is -0.345 e. The van der Waals surface area contributed by atoms with Crippen LogP contribution < -0.4 is 11.1 Å². The molecule has 1 saturated carbocycles. The molecule has 1 aliphatic rings. The zero-order chi connectivity index (χ0) is 13.9. The maximum Gasteiger partial charge on any atom is 0.251 e. The van der Waals surface area contributed by atoms with Crippen LogP contribution in [0.25, 0.3) is 0 Å². The molecule has 3 N–H and O–H groups in total. The summed E-state index contributed by atoms with van der Waals surface area (Å²) < 4.78 is 26.2. The molecule has 1 fully saturated rings. The molecule has 0 radical (unpaired) electrons. The normalized spacial score (nSPS) is 18.1. The van der Waals surface area contributed by atoms with Crippen molar-refractivity contribution in [3.8, 4) is 0 Å². The number of carbonyl (C=O) groups excluding carboxylic acids is 1. The van der Waals surface area contributed by atoms with E-state index in [1.54, 1.807) is 0 Å². The van der Waals surface area contributed by atoms with Gasteiger partial charge in [0.15, 0.2) is 0 Å². The minimum atomic E-state index is -0.754. The molecule has 1 aromatic carbocycles. The molecule has 1 aliphatic carbocycles. The van der Waals surface area contributed by atoms with E-state index in [-0.39, 0.29) is 5.56 Å². The maximum absolute atomic E-state index is 13.1. The van der Waals surface area contributed by atoms with Crippen LogP contribution in [0.15, 0.2) is 18.2 Å².